The molecule has 2 atom stereocenters. The lowest BCUT2D eigenvalue weighted by Crippen LogP contribution is -2.44. The number of carbonyl (C=O) groups excluding carboxylic acids is 1. The average molecular weight is 225 g/mol. The van der Waals surface area contributed by atoms with Crippen molar-refractivity contribution in [1.82, 2.24) is 15.1 Å². The molecule has 16 heavy (non-hydrogen) atoms. The van der Waals surface area contributed by atoms with Gasteiger partial charge in [-0.15, -0.1) is 0 Å². The Morgan fingerprint density at radius 1 is 1.50 bits per heavy atom. The van der Waals surface area contributed by atoms with Gasteiger partial charge >= 0.3 is 0 Å². The highest BCUT2D eigenvalue weighted by Crippen LogP contribution is 2.27. The standard InChI is InChI=1S/C12H23N3O/c1-9(14(3)10-4-5-10)8-15-7-6-11(13-2)12(15)16/h9-11,13H,4-8H2,1-3H3. The van der Waals surface area contributed by atoms with E-state index in [0.717, 1.165) is 25.6 Å². The van der Waals surface area contributed by atoms with Gasteiger partial charge in [0.25, 0.3) is 0 Å². The molecule has 0 spiro atoms. The van der Waals surface area contributed by atoms with Gasteiger partial charge in [0.05, 0.1) is 6.04 Å². The van der Waals surface area contributed by atoms with Crippen molar-refractivity contribution in [2.45, 2.75) is 44.3 Å². The summed E-state index contributed by atoms with van der Waals surface area (Å²) in [5, 5.41) is 3.08. The third-order valence-electron chi connectivity index (χ3n) is 3.95. The lowest BCUT2D eigenvalue weighted by Gasteiger charge is -2.28. The third kappa shape index (κ3) is 2.38. The van der Waals surface area contributed by atoms with E-state index >= 15 is 0 Å². The predicted octanol–water partition coefficient (Wildman–Crippen LogP) is 0.289. The molecule has 0 radical (unpaired) electrons. The highest BCUT2D eigenvalue weighted by molar-refractivity contribution is 5.83. The first-order valence-corrected chi connectivity index (χ1v) is 6.31. The van der Waals surface area contributed by atoms with Gasteiger partial charge in [0.2, 0.25) is 5.91 Å². The first-order valence-electron chi connectivity index (χ1n) is 6.31. The second-order valence-electron chi connectivity index (χ2n) is 5.16. The zero-order valence-electron chi connectivity index (χ0n) is 10.6. The Hall–Kier alpha value is -0.610. The van der Waals surface area contributed by atoms with E-state index in [1.54, 1.807) is 0 Å². The topological polar surface area (TPSA) is 35.6 Å². The van der Waals surface area contributed by atoms with Crippen LogP contribution in [0.5, 0.6) is 0 Å². The van der Waals surface area contributed by atoms with Gasteiger partial charge in [-0.25, -0.2) is 0 Å². The van der Waals surface area contributed by atoms with Crippen LogP contribution in [-0.2, 0) is 4.79 Å². The molecule has 1 aliphatic heterocycles. The molecule has 4 nitrogen and oxygen atoms in total. The van der Waals surface area contributed by atoms with E-state index in [1.165, 1.54) is 12.8 Å². The van der Waals surface area contributed by atoms with E-state index in [1.807, 2.05) is 11.9 Å². The third-order valence-corrected chi connectivity index (χ3v) is 3.95. The molecular weight excluding hydrogens is 202 g/mol. The number of likely N-dealkylation sites (tertiary alicyclic amines) is 1. The molecule has 0 bridgehead atoms. The normalized spacial score (nSPS) is 27.9. The predicted molar refractivity (Wildman–Crippen MR) is 64.3 cm³/mol. The molecule has 0 aromatic carbocycles. The van der Waals surface area contributed by atoms with Gasteiger partial charge in [0.15, 0.2) is 0 Å². The van der Waals surface area contributed by atoms with Crippen LogP contribution in [0.1, 0.15) is 26.2 Å². The van der Waals surface area contributed by atoms with Crippen molar-refractivity contribution >= 4 is 5.91 Å². The van der Waals surface area contributed by atoms with Crippen LogP contribution in [0, 0.1) is 0 Å². The molecule has 1 aliphatic carbocycles. The molecule has 2 rings (SSSR count). The summed E-state index contributed by atoms with van der Waals surface area (Å²) in [6.07, 6.45) is 3.61. The monoisotopic (exact) mass is 225 g/mol. The molecule has 4 heteroatoms. The molecule has 1 amide bonds. The summed E-state index contributed by atoms with van der Waals surface area (Å²) in [6.45, 7) is 4.01. The van der Waals surface area contributed by atoms with E-state index in [9.17, 15) is 4.79 Å². The fraction of sp³-hybridized carbons (Fsp3) is 0.917. The first kappa shape index (κ1) is 11.9. The summed E-state index contributed by atoms with van der Waals surface area (Å²) in [7, 11) is 4.05. The Kier molecular flexibility index (Phi) is 3.50. The highest BCUT2D eigenvalue weighted by Gasteiger charge is 2.34. The zero-order chi connectivity index (χ0) is 11.7. The number of hydrogen-bond donors (Lipinski definition) is 1. The molecule has 1 saturated heterocycles. The van der Waals surface area contributed by atoms with Gasteiger partial charge in [0.1, 0.15) is 0 Å². The van der Waals surface area contributed by atoms with Crippen molar-refractivity contribution in [2.24, 2.45) is 0 Å². The summed E-state index contributed by atoms with van der Waals surface area (Å²) in [5.74, 6) is 0.276. The Labute approximate surface area is 98.0 Å². The number of hydrogen-bond acceptors (Lipinski definition) is 3. The van der Waals surface area contributed by atoms with Crippen LogP contribution in [0.2, 0.25) is 0 Å². The van der Waals surface area contributed by atoms with E-state index < -0.39 is 0 Å². The van der Waals surface area contributed by atoms with Gasteiger partial charge in [-0.05, 0) is 40.3 Å². The van der Waals surface area contributed by atoms with Crippen LogP contribution < -0.4 is 5.32 Å². The van der Waals surface area contributed by atoms with Crippen LogP contribution >= 0.6 is 0 Å². The molecule has 2 fully saturated rings. The Morgan fingerprint density at radius 3 is 2.69 bits per heavy atom. The highest BCUT2D eigenvalue weighted by atomic mass is 16.2. The summed E-state index contributed by atoms with van der Waals surface area (Å²) in [5.41, 5.74) is 0. The molecular formula is C12H23N3O. The quantitative estimate of drug-likeness (QED) is 0.730. The SMILES string of the molecule is CNC1CCN(CC(C)N(C)C2CC2)C1=O. The van der Waals surface area contributed by atoms with Crippen molar-refractivity contribution in [3.8, 4) is 0 Å². The summed E-state index contributed by atoms with van der Waals surface area (Å²) >= 11 is 0. The van der Waals surface area contributed by atoms with Crippen LogP contribution in [0.4, 0.5) is 0 Å². The molecule has 1 saturated carbocycles. The fourth-order valence-electron chi connectivity index (χ4n) is 2.48. The van der Waals surface area contributed by atoms with Crippen LogP contribution in [0.25, 0.3) is 0 Å². The van der Waals surface area contributed by atoms with Gasteiger partial charge in [-0.2, -0.15) is 0 Å². The van der Waals surface area contributed by atoms with Crippen molar-refractivity contribution in [2.75, 3.05) is 27.2 Å². The van der Waals surface area contributed by atoms with Crippen LogP contribution in [-0.4, -0.2) is 61.0 Å². The lowest BCUT2D eigenvalue weighted by molar-refractivity contribution is -0.129. The molecule has 0 aromatic rings. The van der Waals surface area contributed by atoms with E-state index in [4.69, 9.17) is 0 Å². The molecule has 1 heterocycles. The van der Waals surface area contributed by atoms with Gasteiger partial charge < -0.3 is 10.2 Å². The summed E-state index contributed by atoms with van der Waals surface area (Å²) in [4.78, 5) is 16.3. The second kappa shape index (κ2) is 4.72. The number of nitrogens with zero attached hydrogens (tertiary/aromatic N) is 2. The Balaban J connectivity index is 1.82. The number of rotatable bonds is 5. The smallest absolute Gasteiger partial charge is 0.239 e. The largest absolute Gasteiger partial charge is 0.340 e. The van der Waals surface area contributed by atoms with Gasteiger partial charge in [-0.1, -0.05) is 0 Å². The minimum absolute atomic E-state index is 0.0541. The molecule has 92 valence electrons. The second-order valence-corrected chi connectivity index (χ2v) is 5.16. The van der Waals surface area contributed by atoms with Crippen LogP contribution in [0.3, 0.4) is 0 Å². The average Bonchev–Trinajstić information content (AvgIpc) is 3.05. The van der Waals surface area contributed by atoms with E-state index in [2.05, 4.69) is 24.2 Å². The minimum atomic E-state index is 0.0541. The number of nitrogens with one attached hydrogen (secondary N) is 1. The van der Waals surface area contributed by atoms with Crippen molar-refractivity contribution < 1.29 is 4.79 Å². The minimum Gasteiger partial charge on any atom is -0.340 e. The number of amides is 1. The van der Waals surface area contributed by atoms with E-state index in [-0.39, 0.29) is 11.9 Å². The van der Waals surface area contributed by atoms with Crippen molar-refractivity contribution in [3.63, 3.8) is 0 Å². The zero-order valence-corrected chi connectivity index (χ0v) is 10.6. The van der Waals surface area contributed by atoms with Gasteiger partial charge in [0, 0.05) is 25.2 Å². The fourth-order valence-corrected chi connectivity index (χ4v) is 2.48. The summed E-state index contributed by atoms with van der Waals surface area (Å²) in [6, 6.07) is 1.30. The Bertz CT molecular complexity index is 265. The molecule has 1 N–H and O–H groups in total. The van der Waals surface area contributed by atoms with Crippen molar-refractivity contribution in [1.29, 1.82) is 0 Å². The Morgan fingerprint density at radius 2 is 2.19 bits per heavy atom. The van der Waals surface area contributed by atoms with Crippen LogP contribution in [0.15, 0.2) is 0 Å². The lowest BCUT2D eigenvalue weighted by atomic mass is 10.2. The maximum Gasteiger partial charge on any atom is 0.239 e. The maximum absolute atomic E-state index is 11.9. The molecule has 2 aliphatic rings. The van der Waals surface area contributed by atoms with Gasteiger partial charge in [-0.3, -0.25) is 9.69 Å². The van der Waals surface area contributed by atoms with Crippen molar-refractivity contribution in [3.05, 3.63) is 0 Å². The molecule has 2 unspecified atom stereocenters. The maximum atomic E-state index is 11.9. The summed E-state index contributed by atoms with van der Waals surface area (Å²) < 4.78 is 0. The number of carbonyl (C=O) groups is 1. The molecule has 0 aromatic heterocycles. The van der Waals surface area contributed by atoms with E-state index in [0.29, 0.717) is 6.04 Å². The number of likely N-dealkylation sites (N-methyl/N-ethyl adjacent to an activating group) is 2. The first-order chi connectivity index (χ1) is 7.63.